The number of para-hydroxylation sites is 1. The van der Waals surface area contributed by atoms with Crippen molar-refractivity contribution in [2.75, 3.05) is 5.32 Å². The van der Waals surface area contributed by atoms with Crippen LogP contribution in [0.25, 0.3) is 6.08 Å². The topological polar surface area (TPSA) is 12.0 Å². The number of rotatable bonds is 2. The van der Waals surface area contributed by atoms with Crippen molar-refractivity contribution in [3.63, 3.8) is 0 Å². The lowest BCUT2D eigenvalue weighted by Crippen LogP contribution is -2.29. The second kappa shape index (κ2) is 5.33. The quantitative estimate of drug-likeness (QED) is 0.690. The van der Waals surface area contributed by atoms with Crippen LogP contribution in [-0.2, 0) is 0 Å². The van der Waals surface area contributed by atoms with Crippen LogP contribution in [0.4, 0.5) is 5.69 Å². The van der Waals surface area contributed by atoms with Gasteiger partial charge in [0.05, 0.1) is 6.04 Å². The van der Waals surface area contributed by atoms with Crippen molar-refractivity contribution in [2.24, 2.45) is 5.92 Å². The van der Waals surface area contributed by atoms with Gasteiger partial charge in [0, 0.05) is 16.6 Å². The largest absolute Gasteiger partial charge is 0.377 e. The molecule has 2 heteroatoms. The molecule has 0 saturated carbocycles. The number of benzene rings is 2. The van der Waals surface area contributed by atoms with E-state index in [1.54, 1.807) is 0 Å². The summed E-state index contributed by atoms with van der Waals surface area (Å²) in [6, 6.07) is 15.0. The first-order valence-corrected chi connectivity index (χ1v) is 8.10. The summed E-state index contributed by atoms with van der Waals surface area (Å²) in [6.07, 6.45) is 7.72. The summed E-state index contributed by atoms with van der Waals surface area (Å²) < 4.78 is 0. The minimum Gasteiger partial charge on any atom is -0.377 e. The number of allylic oxidation sites excluding steroid dienone is 2. The average molecular weight is 308 g/mol. The first-order valence-electron chi connectivity index (χ1n) is 7.72. The maximum atomic E-state index is 6.04. The fourth-order valence-electron chi connectivity index (χ4n) is 3.82. The van der Waals surface area contributed by atoms with Crippen molar-refractivity contribution in [1.29, 1.82) is 0 Å². The molecule has 2 aromatic carbocycles. The smallest absolute Gasteiger partial charge is 0.0554 e. The lowest BCUT2D eigenvalue weighted by atomic mass is 9.76. The fourth-order valence-corrected chi connectivity index (χ4v) is 3.94. The van der Waals surface area contributed by atoms with Crippen LogP contribution in [0.15, 0.2) is 61.2 Å². The monoisotopic (exact) mass is 307 g/mol. The van der Waals surface area contributed by atoms with E-state index in [0.29, 0.717) is 17.9 Å². The van der Waals surface area contributed by atoms with Gasteiger partial charge in [-0.3, -0.25) is 0 Å². The van der Waals surface area contributed by atoms with Gasteiger partial charge in [-0.2, -0.15) is 0 Å². The van der Waals surface area contributed by atoms with E-state index in [1.807, 2.05) is 18.2 Å². The van der Waals surface area contributed by atoms with Crippen molar-refractivity contribution in [3.05, 3.63) is 82.9 Å². The van der Waals surface area contributed by atoms with E-state index in [9.17, 15) is 0 Å². The highest BCUT2D eigenvalue weighted by atomic mass is 35.5. The minimum atomic E-state index is 0.311. The maximum Gasteiger partial charge on any atom is 0.0554 e. The van der Waals surface area contributed by atoms with Crippen LogP contribution in [-0.4, -0.2) is 0 Å². The molecule has 22 heavy (non-hydrogen) atoms. The Balaban J connectivity index is 1.82. The van der Waals surface area contributed by atoms with E-state index >= 15 is 0 Å². The van der Waals surface area contributed by atoms with Gasteiger partial charge < -0.3 is 5.32 Å². The number of nitrogens with one attached hydrogen (secondary N) is 1. The standard InChI is InChI=1S/C20H18ClN/c1-2-13-5-3-7-17-16-6-4-8-18(16)20(22-19(13)17)14-9-11-15(21)12-10-14/h2-7,9-12,16,18,20,22H,1,8H2. The molecule has 2 aromatic rings. The Morgan fingerprint density at radius 3 is 2.73 bits per heavy atom. The highest BCUT2D eigenvalue weighted by Crippen LogP contribution is 2.50. The van der Waals surface area contributed by atoms with E-state index in [2.05, 4.69) is 54.4 Å². The van der Waals surface area contributed by atoms with E-state index in [1.165, 1.54) is 22.4 Å². The molecule has 1 aliphatic heterocycles. The van der Waals surface area contributed by atoms with Crippen LogP contribution in [0.5, 0.6) is 0 Å². The summed E-state index contributed by atoms with van der Waals surface area (Å²) in [4.78, 5) is 0. The van der Waals surface area contributed by atoms with E-state index in [0.717, 1.165) is 11.4 Å². The Bertz CT molecular complexity index is 745. The molecule has 0 bridgehead atoms. The molecule has 0 aromatic heterocycles. The van der Waals surface area contributed by atoms with Crippen LogP contribution in [0.2, 0.25) is 5.02 Å². The molecule has 1 aliphatic carbocycles. The Labute approximate surface area is 136 Å². The maximum absolute atomic E-state index is 6.04. The molecule has 1 heterocycles. The molecular weight excluding hydrogens is 290 g/mol. The highest BCUT2D eigenvalue weighted by molar-refractivity contribution is 6.30. The summed E-state index contributed by atoms with van der Waals surface area (Å²) in [5.41, 5.74) is 5.09. The molecule has 4 rings (SSSR count). The zero-order chi connectivity index (χ0) is 15.1. The third-order valence-corrected chi connectivity index (χ3v) is 5.13. The highest BCUT2D eigenvalue weighted by Gasteiger charge is 2.38. The van der Waals surface area contributed by atoms with Gasteiger partial charge in [-0.1, -0.05) is 66.7 Å². The Morgan fingerprint density at radius 2 is 1.95 bits per heavy atom. The summed E-state index contributed by atoms with van der Waals surface area (Å²) in [5, 5.41) is 4.55. The van der Waals surface area contributed by atoms with Gasteiger partial charge in [0.15, 0.2) is 0 Å². The number of fused-ring (bicyclic) bond motifs is 3. The third kappa shape index (κ3) is 2.08. The van der Waals surface area contributed by atoms with Crippen molar-refractivity contribution in [2.45, 2.75) is 18.4 Å². The molecule has 0 saturated heterocycles. The van der Waals surface area contributed by atoms with E-state index in [-0.39, 0.29) is 0 Å². The first-order chi connectivity index (χ1) is 10.8. The number of halogens is 1. The van der Waals surface area contributed by atoms with Crippen LogP contribution < -0.4 is 5.32 Å². The van der Waals surface area contributed by atoms with Gasteiger partial charge >= 0.3 is 0 Å². The molecule has 1 N–H and O–H groups in total. The zero-order valence-electron chi connectivity index (χ0n) is 12.3. The third-order valence-electron chi connectivity index (χ3n) is 4.88. The molecule has 110 valence electrons. The predicted molar refractivity (Wildman–Crippen MR) is 94.3 cm³/mol. The number of anilines is 1. The molecule has 0 spiro atoms. The summed E-state index contributed by atoms with van der Waals surface area (Å²) in [7, 11) is 0. The Morgan fingerprint density at radius 1 is 1.14 bits per heavy atom. The van der Waals surface area contributed by atoms with Gasteiger partial charge in [-0.15, -0.1) is 0 Å². The van der Waals surface area contributed by atoms with Crippen LogP contribution in [0.3, 0.4) is 0 Å². The molecule has 3 unspecified atom stereocenters. The minimum absolute atomic E-state index is 0.311. The van der Waals surface area contributed by atoms with E-state index < -0.39 is 0 Å². The molecule has 0 fully saturated rings. The first kappa shape index (κ1) is 13.7. The average Bonchev–Trinajstić information content (AvgIpc) is 3.04. The molecule has 0 radical (unpaired) electrons. The van der Waals surface area contributed by atoms with Crippen molar-refractivity contribution in [1.82, 2.24) is 0 Å². The van der Waals surface area contributed by atoms with Gasteiger partial charge in [0.25, 0.3) is 0 Å². The lowest BCUT2D eigenvalue weighted by Gasteiger charge is -2.38. The van der Waals surface area contributed by atoms with Crippen LogP contribution in [0, 0.1) is 5.92 Å². The van der Waals surface area contributed by atoms with Crippen molar-refractivity contribution in [3.8, 4) is 0 Å². The van der Waals surface area contributed by atoms with E-state index in [4.69, 9.17) is 11.6 Å². The van der Waals surface area contributed by atoms with Crippen LogP contribution >= 0.6 is 11.6 Å². The van der Waals surface area contributed by atoms with Crippen LogP contribution in [0.1, 0.15) is 35.1 Å². The SMILES string of the molecule is C=Cc1cccc2c1NC(c1ccc(Cl)cc1)C1CC=CC21. The second-order valence-electron chi connectivity index (χ2n) is 6.04. The summed E-state index contributed by atoms with van der Waals surface area (Å²) in [5.74, 6) is 1.05. The second-order valence-corrected chi connectivity index (χ2v) is 6.48. The van der Waals surface area contributed by atoms with Crippen molar-refractivity contribution < 1.29 is 0 Å². The van der Waals surface area contributed by atoms with Crippen molar-refractivity contribution >= 4 is 23.4 Å². The van der Waals surface area contributed by atoms with Gasteiger partial charge in [0.1, 0.15) is 0 Å². The number of hydrogen-bond donors (Lipinski definition) is 1. The summed E-state index contributed by atoms with van der Waals surface area (Å²) >= 11 is 6.04. The molecule has 2 aliphatic rings. The zero-order valence-corrected chi connectivity index (χ0v) is 13.1. The normalized spacial score (nSPS) is 25.2. The number of hydrogen-bond acceptors (Lipinski definition) is 1. The summed E-state index contributed by atoms with van der Waals surface area (Å²) in [6.45, 7) is 3.96. The Hall–Kier alpha value is -1.99. The molecule has 3 atom stereocenters. The van der Waals surface area contributed by atoms with Gasteiger partial charge in [-0.05, 0) is 41.2 Å². The van der Waals surface area contributed by atoms with Gasteiger partial charge in [0.2, 0.25) is 0 Å². The fraction of sp³-hybridized carbons (Fsp3) is 0.200. The lowest BCUT2D eigenvalue weighted by molar-refractivity contribution is 0.425. The predicted octanol–water partition coefficient (Wildman–Crippen LogP) is 5.81. The molecule has 0 amide bonds. The molecule has 1 nitrogen and oxygen atoms in total. The molecular formula is C20H18ClN. The Kier molecular flexibility index (Phi) is 3.31. The van der Waals surface area contributed by atoms with Gasteiger partial charge in [-0.25, -0.2) is 0 Å².